The van der Waals surface area contributed by atoms with Crippen LogP contribution < -0.4 is 16.4 Å². The van der Waals surface area contributed by atoms with Crippen LogP contribution in [0.4, 0.5) is 18.9 Å². The molecule has 1 aliphatic heterocycles. The first-order valence-corrected chi connectivity index (χ1v) is 7.92. The molecule has 4 N–H and O–H groups in total. The van der Waals surface area contributed by atoms with Crippen molar-refractivity contribution in [1.82, 2.24) is 5.32 Å². The summed E-state index contributed by atoms with van der Waals surface area (Å²) in [5.41, 5.74) is 4.20. The first-order chi connectivity index (χ1) is 12.3. The zero-order valence-corrected chi connectivity index (χ0v) is 13.7. The molecule has 136 valence electrons. The summed E-state index contributed by atoms with van der Waals surface area (Å²) >= 11 is 0. The third kappa shape index (κ3) is 3.55. The van der Waals surface area contributed by atoms with Crippen molar-refractivity contribution in [2.75, 3.05) is 18.4 Å². The van der Waals surface area contributed by atoms with E-state index >= 15 is 0 Å². The monoisotopic (exact) mass is 362 g/mol. The van der Waals surface area contributed by atoms with E-state index < -0.39 is 17.3 Å². The van der Waals surface area contributed by atoms with Crippen LogP contribution in [0.1, 0.15) is 16.7 Å². The lowest BCUT2D eigenvalue weighted by Crippen LogP contribution is -2.40. The van der Waals surface area contributed by atoms with Gasteiger partial charge >= 0.3 is 6.18 Å². The third-order valence-electron chi connectivity index (χ3n) is 4.11. The number of anilines is 1. The molecule has 26 heavy (non-hydrogen) atoms. The highest BCUT2D eigenvalue weighted by molar-refractivity contribution is 5.95. The number of aldehydes is 1. The predicted molar refractivity (Wildman–Crippen MR) is 92.8 cm³/mol. The number of alkyl halides is 3. The third-order valence-corrected chi connectivity index (χ3v) is 4.11. The molecule has 0 spiro atoms. The highest BCUT2D eigenvalue weighted by Gasteiger charge is 2.35. The van der Waals surface area contributed by atoms with E-state index in [9.17, 15) is 18.0 Å². The van der Waals surface area contributed by atoms with E-state index in [0.29, 0.717) is 30.9 Å². The van der Waals surface area contributed by atoms with Crippen molar-refractivity contribution < 1.29 is 18.0 Å². The van der Waals surface area contributed by atoms with Gasteiger partial charge in [0.15, 0.2) is 5.96 Å². The van der Waals surface area contributed by atoms with Crippen LogP contribution in [0.5, 0.6) is 0 Å². The molecule has 0 saturated heterocycles. The molecule has 0 saturated carbocycles. The van der Waals surface area contributed by atoms with Crippen LogP contribution in [0.3, 0.4) is 0 Å². The maximum absolute atomic E-state index is 13.4. The molecule has 1 aliphatic rings. The lowest BCUT2D eigenvalue weighted by molar-refractivity contribution is -0.137. The van der Waals surface area contributed by atoms with E-state index in [4.69, 9.17) is 5.73 Å². The number of benzene rings is 2. The average Bonchev–Trinajstić information content (AvgIpc) is 3.13. The standard InChI is InChI=1S/C18H17F3N4O/c19-18(20,21)14-8-13(9-15(10-14)25-16-23-6-7-24-16)17(22,11-26)12-4-2-1-3-5-12/h1-5,8-11H,6-7,22H2,(H2,23,24,25). The van der Waals surface area contributed by atoms with Crippen LogP contribution in [-0.2, 0) is 16.5 Å². The summed E-state index contributed by atoms with van der Waals surface area (Å²) in [6.45, 7) is 1.14. The van der Waals surface area contributed by atoms with Crippen molar-refractivity contribution in [1.29, 1.82) is 0 Å². The van der Waals surface area contributed by atoms with Crippen LogP contribution >= 0.6 is 0 Å². The van der Waals surface area contributed by atoms with Crippen molar-refractivity contribution in [2.24, 2.45) is 10.7 Å². The number of nitrogens with two attached hydrogens (primary N) is 1. The topological polar surface area (TPSA) is 79.5 Å². The number of rotatable bonds is 4. The Labute approximate surface area is 148 Å². The Balaban J connectivity index is 2.11. The summed E-state index contributed by atoms with van der Waals surface area (Å²) in [5, 5.41) is 5.73. The second-order valence-corrected chi connectivity index (χ2v) is 5.93. The molecule has 0 fully saturated rings. The van der Waals surface area contributed by atoms with Crippen LogP contribution in [0.25, 0.3) is 0 Å². The number of aliphatic imine (C=N–C) groups is 1. The predicted octanol–water partition coefficient (Wildman–Crippen LogP) is 2.48. The molecule has 5 nitrogen and oxygen atoms in total. The van der Waals surface area contributed by atoms with E-state index in [0.717, 1.165) is 12.1 Å². The van der Waals surface area contributed by atoms with Gasteiger partial charge in [0.2, 0.25) is 0 Å². The fraction of sp³-hybridized carbons (Fsp3) is 0.222. The van der Waals surface area contributed by atoms with Gasteiger partial charge in [-0.1, -0.05) is 30.3 Å². The minimum absolute atomic E-state index is 0.0367. The Bertz CT molecular complexity index is 836. The maximum Gasteiger partial charge on any atom is 0.416 e. The van der Waals surface area contributed by atoms with Crippen molar-refractivity contribution in [2.45, 2.75) is 11.7 Å². The fourth-order valence-corrected chi connectivity index (χ4v) is 2.74. The van der Waals surface area contributed by atoms with Crippen molar-refractivity contribution >= 4 is 17.9 Å². The summed E-state index contributed by atoms with van der Waals surface area (Å²) in [4.78, 5) is 15.9. The van der Waals surface area contributed by atoms with E-state index in [1.165, 1.54) is 6.07 Å². The van der Waals surface area contributed by atoms with Crippen LogP contribution in [0.15, 0.2) is 53.5 Å². The van der Waals surface area contributed by atoms with Gasteiger partial charge in [0.25, 0.3) is 0 Å². The van der Waals surface area contributed by atoms with Crippen LogP contribution in [0, 0.1) is 0 Å². The Morgan fingerprint density at radius 3 is 2.35 bits per heavy atom. The number of guanidine groups is 1. The molecule has 0 amide bonds. The van der Waals surface area contributed by atoms with E-state index in [1.807, 2.05) is 0 Å². The Morgan fingerprint density at radius 1 is 1.08 bits per heavy atom. The second-order valence-electron chi connectivity index (χ2n) is 5.93. The summed E-state index contributed by atoms with van der Waals surface area (Å²) in [5.74, 6) is 0.378. The minimum atomic E-state index is -4.59. The number of carbonyl (C=O) groups excluding carboxylic acids is 1. The normalized spacial score (nSPS) is 16.4. The van der Waals surface area contributed by atoms with Gasteiger partial charge in [-0.25, -0.2) is 0 Å². The van der Waals surface area contributed by atoms with Crippen molar-refractivity contribution in [3.63, 3.8) is 0 Å². The lowest BCUT2D eigenvalue weighted by Gasteiger charge is -2.26. The molecule has 8 heteroatoms. The van der Waals surface area contributed by atoms with Gasteiger partial charge in [0.1, 0.15) is 11.8 Å². The molecule has 0 aromatic heterocycles. The molecular weight excluding hydrogens is 345 g/mol. The van der Waals surface area contributed by atoms with E-state index in [2.05, 4.69) is 15.6 Å². The Hall–Kier alpha value is -2.87. The highest BCUT2D eigenvalue weighted by Crippen LogP contribution is 2.35. The number of hydrogen-bond donors (Lipinski definition) is 3. The molecule has 3 rings (SSSR count). The maximum atomic E-state index is 13.4. The summed E-state index contributed by atoms with van der Waals surface area (Å²) in [6.07, 6.45) is -4.13. The second kappa shape index (κ2) is 6.80. The summed E-state index contributed by atoms with van der Waals surface area (Å²) < 4.78 is 40.1. The van der Waals surface area contributed by atoms with Gasteiger partial charge in [-0.3, -0.25) is 4.99 Å². The molecular formula is C18H17F3N4O. The van der Waals surface area contributed by atoms with Gasteiger partial charge in [0, 0.05) is 12.2 Å². The first kappa shape index (κ1) is 17.9. The molecule has 1 atom stereocenters. The first-order valence-electron chi connectivity index (χ1n) is 7.92. The quantitative estimate of drug-likeness (QED) is 0.730. The van der Waals surface area contributed by atoms with Crippen LogP contribution in [-0.4, -0.2) is 25.3 Å². The number of nitrogens with one attached hydrogen (secondary N) is 2. The molecule has 2 aromatic rings. The van der Waals surface area contributed by atoms with Crippen LogP contribution in [0.2, 0.25) is 0 Å². The molecule has 0 bridgehead atoms. The van der Waals surface area contributed by atoms with E-state index in [-0.39, 0.29) is 11.3 Å². The van der Waals surface area contributed by atoms with Crippen molar-refractivity contribution in [3.05, 3.63) is 65.2 Å². The van der Waals surface area contributed by atoms with Gasteiger partial charge in [-0.15, -0.1) is 0 Å². The van der Waals surface area contributed by atoms with Gasteiger partial charge in [-0.05, 0) is 29.3 Å². The lowest BCUT2D eigenvalue weighted by atomic mass is 9.84. The SMILES string of the molecule is NC(C=O)(c1ccccc1)c1cc(NC2=NCCN2)cc(C(F)(F)F)c1. The molecule has 0 aliphatic carbocycles. The summed E-state index contributed by atoms with van der Waals surface area (Å²) in [6, 6.07) is 11.6. The smallest absolute Gasteiger partial charge is 0.354 e. The Kier molecular flexibility index (Phi) is 4.69. The number of hydrogen-bond acceptors (Lipinski definition) is 5. The largest absolute Gasteiger partial charge is 0.416 e. The molecule has 1 heterocycles. The van der Waals surface area contributed by atoms with Crippen molar-refractivity contribution in [3.8, 4) is 0 Å². The Morgan fingerprint density at radius 2 is 1.77 bits per heavy atom. The highest BCUT2D eigenvalue weighted by atomic mass is 19.4. The average molecular weight is 362 g/mol. The van der Waals surface area contributed by atoms with Gasteiger partial charge in [-0.2, -0.15) is 13.2 Å². The number of halogens is 3. The summed E-state index contributed by atoms with van der Waals surface area (Å²) in [7, 11) is 0. The molecule has 1 unspecified atom stereocenters. The van der Waals surface area contributed by atoms with Gasteiger partial charge < -0.3 is 21.2 Å². The zero-order valence-electron chi connectivity index (χ0n) is 13.7. The van der Waals surface area contributed by atoms with E-state index in [1.54, 1.807) is 30.3 Å². The van der Waals surface area contributed by atoms with Gasteiger partial charge in [0.05, 0.1) is 12.1 Å². The molecule has 0 radical (unpaired) electrons. The zero-order chi connectivity index (χ0) is 18.8. The minimum Gasteiger partial charge on any atom is -0.354 e. The fourth-order valence-electron chi connectivity index (χ4n) is 2.74. The number of carbonyl (C=O) groups is 1. The molecule has 2 aromatic carbocycles. The number of nitrogens with zero attached hydrogens (tertiary/aromatic N) is 1.